The van der Waals surface area contributed by atoms with Crippen molar-refractivity contribution >= 4 is 34.9 Å². The third-order valence-electron chi connectivity index (χ3n) is 4.83. The number of carbonyl (C=O) groups excluding carboxylic acids is 3. The van der Waals surface area contributed by atoms with Gasteiger partial charge in [0.25, 0.3) is 0 Å². The van der Waals surface area contributed by atoms with Crippen LogP contribution in [0.4, 0.5) is 0 Å². The summed E-state index contributed by atoms with van der Waals surface area (Å²) < 4.78 is 21.2. The van der Waals surface area contributed by atoms with E-state index in [0.717, 1.165) is 57.9 Å². The Hall–Kier alpha value is -3.78. The SMILES string of the molecule is C=CC(=O)OCCCCOc1ccc(/C=C/C(=O)Sc2ccc(OCCCOC(=O)C=C)c(C)c2)cc1. The van der Waals surface area contributed by atoms with E-state index in [1.54, 1.807) is 6.08 Å². The van der Waals surface area contributed by atoms with Crippen LogP contribution in [0.2, 0.25) is 0 Å². The quantitative estimate of drug-likeness (QED) is 0.119. The van der Waals surface area contributed by atoms with Gasteiger partial charge >= 0.3 is 11.9 Å². The molecule has 0 aliphatic rings. The molecule has 0 atom stereocenters. The predicted octanol–water partition coefficient (Wildman–Crippen LogP) is 5.71. The van der Waals surface area contributed by atoms with E-state index in [9.17, 15) is 14.4 Å². The van der Waals surface area contributed by atoms with Crippen LogP contribution >= 0.6 is 11.8 Å². The highest BCUT2D eigenvalue weighted by atomic mass is 32.2. The van der Waals surface area contributed by atoms with Crippen LogP contribution in [-0.2, 0) is 23.9 Å². The Kier molecular flexibility index (Phi) is 13.4. The van der Waals surface area contributed by atoms with Crippen molar-refractivity contribution in [1.82, 2.24) is 0 Å². The fourth-order valence-electron chi connectivity index (χ4n) is 2.94. The number of thioether (sulfide) groups is 1. The zero-order valence-electron chi connectivity index (χ0n) is 21.0. The molecule has 0 radical (unpaired) electrons. The van der Waals surface area contributed by atoms with E-state index in [1.807, 2.05) is 49.4 Å². The van der Waals surface area contributed by atoms with Crippen molar-refractivity contribution in [2.75, 3.05) is 26.4 Å². The number of unbranched alkanes of at least 4 members (excludes halogenated alkanes) is 1. The zero-order valence-corrected chi connectivity index (χ0v) is 21.8. The molecule has 0 heterocycles. The van der Waals surface area contributed by atoms with Crippen LogP contribution < -0.4 is 9.47 Å². The number of rotatable bonds is 16. The molecule has 2 aromatic carbocycles. The summed E-state index contributed by atoms with van der Waals surface area (Å²) in [5, 5.41) is -0.0883. The van der Waals surface area contributed by atoms with E-state index in [4.69, 9.17) is 18.9 Å². The molecule has 0 fully saturated rings. The minimum Gasteiger partial charge on any atom is -0.494 e. The molecule has 196 valence electrons. The van der Waals surface area contributed by atoms with E-state index < -0.39 is 11.9 Å². The first-order chi connectivity index (χ1) is 17.9. The third-order valence-corrected chi connectivity index (χ3v) is 5.66. The molecule has 0 aliphatic carbocycles. The molecule has 0 amide bonds. The molecule has 0 aliphatic heterocycles. The molecule has 8 heteroatoms. The smallest absolute Gasteiger partial charge is 0.330 e. The van der Waals surface area contributed by atoms with Gasteiger partial charge in [-0.25, -0.2) is 9.59 Å². The summed E-state index contributed by atoms with van der Waals surface area (Å²) >= 11 is 1.14. The highest BCUT2D eigenvalue weighted by Crippen LogP contribution is 2.27. The molecule has 2 aromatic rings. The first-order valence-corrected chi connectivity index (χ1v) is 12.7. The highest BCUT2D eigenvalue weighted by Gasteiger charge is 2.06. The van der Waals surface area contributed by atoms with Gasteiger partial charge in [-0.1, -0.05) is 31.4 Å². The fourth-order valence-corrected chi connectivity index (χ4v) is 3.68. The fraction of sp³-hybridized carbons (Fsp3) is 0.276. The zero-order chi connectivity index (χ0) is 26.9. The minimum atomic E-state index is -0.448. The summed E-state index contributed by atoms with van der Waals surface area (Å²) in [5.41, 5.74) is 1.80. The van der Waals surface area contributed by atoms with Crippen molar-refractivity contribution < 1.29 is 33.3 Å². The normalized spacial score (nSPS) is 10.5. The van der Waals surface area contributed by atoms with Crippen molar-refractivity contribution in [3.8, 4) is 11.5 Å². The molecule has 0 aromatic heterocycles. The minimum absolute atomic E-state index is 0.0883. The van der Waals surface area contributed by atoms with Gasteiger partial charge in [0.1, 0.15) is 11.5 Å². The van der Waals surface area contributed by atoms with E-state index in [0.29, 0.717) is 32.7 Å². The summed E-state index contributed by atoms with van der Waals surface area (Å²) in [6.45, 7) is 10.2. The lowest BCUT2D eigenvalue weighted by Gasteiger charge is -2.10. The van der Waals surface area contributed by atoms with Crippen LogP contribution in [0.3, 0.4) is 0 Å². The van der Waals surface area contributed by atoms with Crippen LogP contribution in [-0.4, -0.2) is 43.5 Å². The summed E-state index contributed by atoms with van der Waals surface area (Å²) in [7, 11) is 0. The maximum atomic E-state index is 12.4. The van der Waals surface area contributed by atoms with Crippen LogP contribution in [0.1, 0.15) is 30.4 Å². The Morgan fingerprint density at radius 2 is 1.43 bits per heavy atom. The van der Waals surface area contributed by atoms with Gasteiger partial charge < -0.3 is 18.9 Å². The second-order valence-electron chi connectivity index (χ2n) is 7.75. The molecule has 37 heavy (non-hydrogen) atoms. The number of benzene rings is 2. The molecule has 0 N–H and O–H groups in total. The highest BCUT2D eigenvalue weighted by molar-refractivity contribution is 8.14. The van der Waals surface area contributed by atoms with Gasteiger partial charge in [-0.3, -0.25) is 4.79 Å². The van der Waals surface area contributed by atoms with E-state index in [2.05, 4.69) is 13.2 Å². The van der Waals surface area contributed by atoms with Gasteiger partial charge in [-0.05, 0) is 79.1 Å². The Morgan fingerprint density at radius 3 is 2.08 bits per heavy atom. The number of carbonyl (C=O) groups is 3. The summed E-state index contributed by atoms with van der Waals surface area (Å²) in [6.07, 6.45) is 7.61. The molecule has 0 saturated heterocycles. The maximum Gasteiger partial charge on any atom is 0.330 e. The second kappa shape index (κ2) is 16.8. The van der Waals surface area contributed by atoms with Crippen molar-refractivity contribution in [2.45, 2.75) is 31.1 Å². The Bertz CT molecular complexity index is 1090. The first-order valence-electron chi connectivity index (χ1n) is 11.9. The lowest BCUT2D eigenvalue weighted by molar-refractivity contribution is -0.138. The van der Waals surface area contributed by atoms with Crippen LogP contribution in [0.25, 0.3) is 6.08 Å². The Labute approximate surface area is 222 Å². The van der Waals surface area contributed by atoms with E-state index >= 15 is 0 Å². The summed E-state index contributed by atoms with van der Waals surface area (Å²) in [4.78, 5) is 35.2. The van der Waals surface area contributed by atoms with Crippen LogP contribution in [0, 0.1) is 6.92 Å². The maximum absolute atomic E-state index is 12.4. The molecular weight excluding hydrogens is 492 g/mol. The summed E-state index contributed by atoms with van der Waals surface area (Å²) in [6, 6.07) is 13.0. The molecule has 7 nitrogen and oxygen atoms in total. The van der Waals surface area contributed by atoms with Gasteiger partial charge in [-0.2, -0.15) is 0 Å². The molecule has 0 bridgehead atoms. The Balaban J connectivity index is 1.71. The molecule has 0 unspecified atom stereocenters. The predicted molar refractivity (Wildman–Crippen MR) is 145 cm³/mol. The molecular formula is C29H32O7S. The molecule has 0 spiro atoms. The van der Waals surface area contributed by atoms with Crippen molar-refractivity contribution in [2.24, 2.45) is 0 Å². The van der Waals surface area contributed by atoms with E-state index in [-0.39, 0.29) is 11.7 Å². The van der Waals surface area contributed by atoms with E-state index in [1.165, 1.54) is 6.08 Å². The number of ether oxygens (including phenoxy) is 4. The first kappa shape index (κ1) is 29.5. The van der Waals surface area contributed by atoms with Crippen LogP contribution in [0.15, 0.2) is 78.7 Å². The molecule has 2 rings (SSSR count). The monoisotopic (exact) mass is 524 g/mol. The largest absolute Gasteiger partial charge is 0.494 e. The van der Waals surface area contributed by atoms with Crippen molar-refractivity contribution in [3.63, 3.8) is 0 Å². The summed E-state index contributed by atoms with van der Waals surface area (Å²) in [5.74, 6) is 0.589. The average Bonchev–Trinajstić information content (AvgIpc) is 2.90. The number of hydrogen-bond donors (Lipinski definition) is 0. The lowest BCUT2D eigenvalue weighted by atomic mass is 10.2. The van der Waals surface area contributed by atoms with Gasteiger partial charge in [0.05, 0.1) is 26.4 Å². The van der Waals surface area contributed by atoms with Crippen molar-refractivity contribution in [1.29, 1.82) is 0 Å². The lowest BCUT2D eigenvalue weighted by Crippen LogP contribution is -2.07. The number of esters is 2. The average molecular weight is 525 g/mol. The van der Waals surface area contributed by atoms with Crippen molar-refractivity contribution in [3.05, 3.63) is 85.0 Å². The third kappa shape index (κ3) is 12.1. The van der Waals surface area contributed by atoms with Gasteiger partial charge in [-0.15, -0.1) is 0 Å². The topological polar surface area (TPSA) is 88.1 Å². The Morgan fingerprint density at radius 1 is 0.811 bits per heavy atom. The van der Waals surface area contributed by atoms with Gasteiger partial charge in [0.2, 0.25) is 5.12 Å². The van der Waals surface area contributed by atoms with Gasteiger partial charge in [0.15, 0.2) is 0 Å². The standard InChI is InChI=1S/C29H32O7S/c1-4-27(30)35-18-7-6-17-33-24-12-9-23(10-13-24)11-16-29(32)37-25-14-15-26(22(3)21-25)34-19-8-20-36-28(31)5-2/h4-5,9-16,21H,1-2,6-8,17-20H2,3H3/b16-11+. The number of hydrogen-bond acceptors (Lipinski definition) is 8. The van der Waals surface area contributed by atoms with Gasteiger partial charge in [0, 0.05) is 23.5 Å². The molecule has 0 saturated carbocycles. The second-order valence-corrected chi connectivity index (χ2v) is 8.83. The number of aryl methyl sites for hydroxylation is 1. The van der Waals surface area contributed by atoms with Crippen LogP contribution in [0.5, 0.6) is 11.5 Å².